The summed E-state index contributed by atoms with van der Waals surface area (Å²) in [6.07, 6.45) is 1.65. The number of aromatic nitrogens is 2. The van der Waals surface area contributed by atoms with Crippen molar-refractivity contribution in [2.75, 3.05) is 0 Å². The van der Waals surface area contributed by atoms with Gasteiger partial charge >= 0.3 is 0 Å². The summed E-state index contributed by atoms with van der Waals surface area (Å²) in [7, 11) is 0. The highest BCUT2D eigenvalue weighted by molar-refractivity contribution is 7.98. The molecular formula is C19H18FN3O2S. The van der Waals surface area contributed by atoms with Gasteiger partial charge in [0, 0.05) is 24.6 Å². The minimum atomic E-state index is -0.255. The van der Waals surface area contributed by atoms with Gasteiger partial charge in [-0.25, -0.2) is 9.37 Å². The summed E-state index contributed by atoms with van der Waals surface area (Å²) in [6.45, 7) is 3.85. The smallest absolute Gasteiger partial charge is 0.254 e. The van der Waals surface area contributed by atoms with Gasteiger partial charge < -0.3 is 9.84 Å². The monoisotopic (exact) mass is 371 g/mol. The highest BCUT2D eigenvalue weighted by Gasteiger charge is 2.13. The van der Waals surface area contributed by atoms with Crippen molar-refractivity contribution in [1.29, 1.82) is 0 Å². The molecule has 7 heteroatoms. The third kappa shape index (κ3) is 4.49. The van der Waals surface area contributed by atoms with E-state index in [9.17, 15) is 9.18 Å². The van der Waals surface area contributed by atoms with E-state index >= 15 is 0 Å². The van der Waals surface area contributed by atoms with Gasteiger partial charge in [0.2, 0.25) is 0 Å². The van der Waals surface area contributed by atoms with Gasteiger partial charge in [0.1, 0.15) is 16.6 Å². The number of nitrogens with zero attached hydrogens (tertiary/aromatic N) is 2. The number of carbonyl (C=O) groups is 1. The van der Waals surface area contributed by atoms with Crippen molar-refractivity contribution in [1.82, 2.24) is 15.5 Å². The molecule has 1 N–H and O–H groups in total. The number of hydrogen-bond donors (Lipinski definition) is 1. The zero-order valence-electron chi connectivity index (χ0n) is 14.5. The lowest BCUT2D eigenvalue weighted by Crippen LogP contribution is -2.23. The molecule has 0 aliphatic rings. The van der Waals surface area contributed by atoms with Gasteiger partial charge in [0.05, 0.1) is 11.3 Å². The van der Waals surface area contributed by atoms with Crippen LogP contribution in [0.4, 0.5) is 4.39 Å². The number of thioether (sulfide) groups is 1. The second-order valence-electron chi connectivity index (χ2n) is 5.84. The second kappa shape index (κ2) is 8.14. The Morgan fingerprint density at radius 2 is 2.12 bits per heavy atom. The molecule has 0 bridgehead atoms. The highest BCUT2D eigenvalue weighted by atomic mass is 32.2. The average molecular weight is 371 g/mol. The normalized spacial score (nSPS) is 10.7. The summed E-state index contributed by atoms with van der Waals surface area (Å²) in [4.78, 5) is 16.8. The van der Waals surface area contributed by atoms with E-state index in [1.54, 1.807) is 37.4 Å². The zero-order valence-corrected chi connectivity index (χ0v) is 15.3. The zero-order chi connectivity index (χ0) is 18.5. The van der Waals surface area contributed by atoms with Crippen molar-refractivity contribution in [3.05, 3.63) is 76.6 Å². The van der Waals surface area contributed by atoms with Crippen LogP contribution in [0.15, 0.2) is 52.1 Å². The maximum atomic E-state index is 13.3. The molecule has 0 atom stereocenters. The molecule has 26 heavy (non-hydrogen) atoms. The number of nitrogens with one attached hydrogen (secondary N) is 1. The molecule has 0 saturated carbocycles. The van der Waals surface area contributed by atoms with Crippen molar-refractivity contribution in [3.8, 4) is 0 Å². The first-order valence-electron chi connectivity index (χ1n) is 8.06. The third-order valence-corrected chi connectivity index (χ3v) is 4.76. The summed E-state index contributed by atoms with van der Waals surface area (Å²) < 4.78 is 18.4. The topological polar surface area (TPSA) is 68.0 Å². The maximum Gasteiger partial charge on any atom is 0.254 e. The minimum Gasteiger partial charge on any atom is -0.361 e. The number of aryl methyl sites for hydroxylation is 2. The van der Waals surface area contributed by atoms with Crippen LogP contribution >= 0.6 is 11.8 Å². The first kappa shape index (κ1) is 18.1. The maximum absolute atomic E-state index is 13.3. The summed E-state index contributed by atoms with van der Waals surface area (Å²) >= 11 is 1.42. The third-order valence-electron chi connectivity index (χ3n) is 3.72. The van der Waals surface area contributed by atoms with Gasteiger partial charge in [-0.3, -0.25) is 4.79 Å². The molecule has 1 amide bonds. The van der Waals surface area contributed by atoms with Crippen LogP contribution in [-0.2, 0) is 12.3 Å². The molecule has 1 aromatic carbocycles. The van der Waals surface area contributed by atoms with Crippen molar-refractivity contribution in [2.45, 2.75) is 31.2 Å². The molecule has 0 saturated heterocycles. The Kier molecular flexibility index (Phi) is 5.68. The van der Waals surface area contributed by atoms with E-state index < -0.39 is 0 Å². The predicted molar refractivity (Wildman–Crippen MR) is 97.3 cm³/mol. The van der Waals surface area contributed by atoms with Gasteiger partial charge in [-0.1, -0.05) is 29.1 Å². The SMILES string of the molecule is Cc1cc(CSc2ncccc2C(=O)NCc2ccc(F)c(C)c2)no1. The predicted octanol–water partition coefficient (Wildman–Crippen LogP) is 4.05. The Labute approximate surface area is 155 Å². The Hall–Kier alpha value is -2.67. The van der Waals surface area contributed by atoms with Crippen molar-refractivity contribution < 1.29 is 13.7 Å². The Balaban J connectivity index is 1.66. The highest BCUT2D eigenvalue weighted by Crippen LogP contribution is 2.24. The van der Waals surface area contributed by atoms with Gasteiger partial charge in [-0.2, -0.15) is 0 Å². The summed E-state index contributed by atoms with van der Waals surface area (Å²) in [5, 5.41) is 7.42. The van der Waals surface area contributed by atoms with E-state index in [0.717, 1.165) is 17.0 Å². The van der Waals surface area contributed by atoms with Crippen LogP contribution in [0.3, 0.4) is 0 Å². The molecule has 134 valence electrons. The fourth-order valence-corrected chi connectivity index (χ4v) is 3.27. The number of pyridine rings is 1. The summed E-state index contributed by atoms with van der Waals surface area (Å²) in [5.74, 6) is 0.827. The Bertz CT molecular complexity index is 927. The molecule has 0 radical (unpaired) electrons. The first-order valence-corrected chi connectivity index (χ1v) is 9.05. The molecule has 3 aromatic rings. The van der Waals surface area contributed by atoms with Crippen LogP contribution in [0.25, 0.3) is 0 Å². The number of benzene rings is 1. The molecule has 0 aliphatic carbocycles. The van der Waals surface area contributed by atoms with E-state index in [1.165, 1.54) is 17.8 Å². The molecule has 0 aliphatic heterocycles. The number of hydrogen-bond acceptors (Lipinski definition) is 5. The van der Waals surface area contributed by atoms with Crippen LogP contribution in [0.2, 0.25) is 0 Å². The van der Waals surface area contributed by atoms with Gasteiger partial charge in [0.15, 0.2) is 0 Å². The number of amides is 1. The molecule has 2 heterocycles. The fraction of sp³-hybridized carbons (Fsp3) is 0.211. The van der Waals surface area contributed by atoms with E-state index in [0.29, 0.717) is 28.5 Å². The van der Waals surface area contributed by atoms with Crippen molar-refractivity contribution in [2.24, 2.45) is 0 Å². The van der Waals surface area contributed by atoms with Crippen LogP contribution in [0.1, 0.15) is 32.9 Å². The molecule has 5 nitrogen and oxygen atoms in total. The van der Waals surface area contributed by atoms with Gasteiger partial charge in [0.25, 0.3) is 5.91 Å². The van der Waals surface area contributed by atoms with E-state index in [4.69, 9.17) is 4.52 Å². The first-order chi connectivity index (χ1) is 12.5. The Morgan fingerprint density at radius 3 is 2.85 bits per heavy atom. The van der Waals surface area contributed by atoms with Crippen molar-refractivity contribution >= 4 is 17.7 Å². The second-order valence-corrected chi connectivity index (χ2v) is 6.80. The number of halogens is 1. The largest absolute Gasteiger partial charge is 0.361 e. The quantitative estimate of drug-likeness (QED) is 0.662. The average Bonchev–Trinajstić information content (AvgIpc) is 3.06. The van der Waals surface area contributed by atoms with Crippen LogP contribution in [0, 0.1) is 19.7 Å². The van der Waals surface area contributed by atoms with Gasteiger partial charge in [-0.05, 0) is 43.2 Å². The Morgan fingerprint density at radius 1 is 1.27 bits per heavy atom. The van der Waals surface area contributed by atoms with Crippen LogP contribution in [-0.4, -0.2) is 16.0 Å². The number of rotatable bonds is 6. The summed E-state index contributed by atoms with van der Waals surface area (Å²) in [5.41, 5.74) is 2.69. The summed E-state index contributed by atoms with van der Waals surface area (Å²) in [6, 6.07) is 10.1. The lowest BCUT2D eigenvalue weighted by atomic mass is 10.1. The lowest BCUT2D eigenvalue weighted by Gasteiger charge is -2.09. The molecule has 0 unspecified atom stereocenters. The van der Waals surface area contributed by atoms with Crippen LogP contribution in [0.5, 0.6) is 0 Å². The molecular weight excluding hydrogens is 353 g/mol. The van der Waals surface area contributed by atoms with Crippen molar-refractivity contribution in [3.63, 3.8) is 0 Å². The molecule has 0 fully saturated rings. The fourth-order valence-electron chi connectivity index (χ4n) is 2.40. The molecule has 3 rings (SSSR count). The van der Waals surface area contributed by atoms with E-state index in [2.05, 4.69) is 15.5 Å². The lowest BCUT2D eigenvalue weighted by molar-refractivity contribution is 0.0947. The van der Waals surface area contributed by atoms with E-state index in [-0.39, 0.29) is 11.7 Å². The van der Waals surface area contributed by atoms with E-state index in [1.807, 2.05) is 13.0 Å². The molecule has 0 spiro atoms. The number of carbonyl (C=O) groups excluding carboxylic acids is 1. The molecule has 2 aromatic heterocycles. The minimum absolute atomic E-state index is 0.223. The van der Waals surface area contributed by atoms with Crippen LogP contribution < -0.4 is 5.32 Å². The van der Waals surface area contributed by atoms with Gasteiger partial charge in [-0.15, -0.1) is 0 Å². The standard InChI is InChI=1S/C19H18FN3O2S/c1-12-8-14(5-6-17(12)20)10-22-18(24)16-4-3-7-21-19(16)26-11-15-9-13(2)25-23-15/h3-9H,10-11H2,1-2H3,(H,22,24).